The van der Waals surface area contributed by atoms with Gasteiger partial charge in [0.15, 0.2) is 0 Å². The lowest BCUT2D eigenvalue weighted by atomic mass is 10.1. The molecule has 0 atom stereocenters. The van der Waals surface area contributed by atoms with Crippen molar-refractivity contribution >= 4 is 10.9 Å². The van der Waals surface area contributed by atoms with E-state index in [1.807, 2.05) is 0 Å². The van der Waals surface area contributed by atoms with Crippen LogP contribution in [0.2, 0.25) is 0 Å². The van der Waals surface area contributed by atoms with Gasteiger partial charge in [-0.1, -0.05) is 12.1 Å². The third-order valence-corrected chi connectivity index (χ3v) is 2.68. The summed E-state index contributed by atoms with van der Waals surface area (Å²) in [6, 6.07) is 6.49. The molecule has 2 rings (SSSR count). The van der Waals surface area contributed by atoms with Crippen molar-refractivity contribution in [2.45, 2.75) is 6.42 Å². The van der Waals surface area contributed by atoms with E-state index in [1.54, 1.807) is 25.2 Å². The molecule has 0 aliphatic rings. The van der Waals surface area contributed by atoms with Crippen LogP contribution in [0, 0.1) is 5.82 Å². The van der Waals surface area contributed by atoms with Crippen LogP contribution in [-0.4, -0.2) is 11.1 Å². The van der Waals surface area contributed by atoms with Crippen molar-refractivity contribution in [3.05, 3.63) is 46.0 Å². The normalized spacial score (nSPS) is 10.9. The predicted molar refractivity (Wildman–Crippen MR) is 61.9 cm³/mol. The zero-order chi connectivity index (χ0) is 11.7. The van der Waals surface area contributed by atoms with Crippen molar-refractivity contribution in [3.63, 3.8) is 0 Å². The standard InChI is InChI=1S/C12H13FN2O/c1-15-11-8(3-2-4-10(11)13)7-9(5-6-14)12(15)16/h2-4,7H,5-6,14H2,1H3. The number of benzene rings is 1. The minimum Gasteiger partial charge on any atom is -0.330 e. The highest BCUT2D eigenvalue weighted by Gasteiger charge is 2.08. The monoisotopic (exact) mass is 220 g/mol. The van der Waals surface area contributed by atoms with E-state index in [0.717, 1.165) is 5.39 Å². The van der Waals surface area contributed by atoms with E-state index in [4.69, 9.17) is 5.73 Å². The highest BCUT2D eigenvalue weighted by Crippen LogP contribution is 2.16. The average Bonchev–Trinajstić information content (AvgIpc) is 2.25. The number of nitrogens with two attached hydrogens (primary N) is 1. The Morgan fingerprint density at radius 3 is 2.88 bits per heavy atom. The zero-order valence-electron chi connectivity index (χ0n) is 9.03. The van der Waals surface area contributed by atoms with Crippen LogP contribution in [0.4, 0.5) is 4.39 Å². The molecule has 0 bridgehead atoms. The predicted octanol–water partition coefficient (Wildman–Crippen LogP) is 1.18. The Labute approximate surface area is 92.3 Å². The first-order valence-electron chi connectivity index (χ1n) is 5.12. The largest absolute Gasteiger partial charge is 0.330 e. The first-order valence-corrected chi connectivity index (χ1v) is 5.12. The van der Waals surface area contributed by atoms with Gasteiger partial charge in [0, 0.05) is 18.0 Å². The van der Waals surface area contributed by atoms with Crippen LogP contribution in [0.5, 0.6) is 0 Å². The summed E-state index contributed by atoms with van der Waals surface area (Å²) in [7, 11) is 1.58. The lowest BCUT2D eigenvalue weighted by Gasteiger charge is -2.08. The van der Waals surface area contributed by atoms with Gasteiger partial charge in [0.1, 0.15) is 5.82 Å². The molecule has 0 spiro atoms. The molecule has 3 nitrogen and oxygen atoms in total. The summed E-state index contributed by atoms with van der Waals surface area (Å²) in [6.45, 7) is 0.413. The molecule has 2 aromatic rings. The van der Waals surface area contributed by atoms with Crippen LogP contribution in [0.3, 0.4) is 0 Å². The van der Waals surface area contributed by atoms with Crippen LogP contribution in [0.25, 0.3) is 10.9 Å². The molecular formula is C12H13FN2O. The Morgan fingerprint density at radius 1 is 1.44 bits per heavy atom. The lowest BCUT2D eigenvalue weighted by molar-refractivity contribution is 0.628. The first kappa shape index (κ1) is 10.8. The summed E-state index contributed by atoms with van der Waals surface area (Å²) in [6.07, 6.45) is 0.513. The second kappa shape index (κ2) is 4.06. The fraction of sp³-hybridized carbons (Fsp3) is 0.250. The van der Waals surface area contributed by atoms with Gasteiger partial charge in [0.25, 0.3) is 5.56 Å². The molecule has 1 aromatic heterocycles. The fourth-order valence-electron chi connectivity index (χ4n) is 1.90. The Balaban J connectivity index is 2.83. The first-order chi connectivity index (χ1) is 7.65. The van der Waals surface area contributed by atoms with Gasteiger partial charge in [-0.3, -0.25) is 4.79 Å². The molecule has 0 aliphatic carbocycles. The number of aryl methyl sites for hydroxylation is 1. The summed E-state index contributed by atoms with van der Waals surface area (Å²) in [5.41, 5.74) is 6.22. The average molecular weight is 220 g/mol. The summed E-state index contributed by atoms with van der Waals surface area (Å²) >= 11 is 0. The van der Waals surface area contributed by atoms with Gasteiger partial charge < -0.3 is 10.3 Å². The number of pyridine rings is 1. The summed E-state index contributed by atoms with van der Waals surface area (Å²) in [5, 5.41) is 0.727. The van der Waals surface area contributed by atoms with E-state index in [9.17, 15) is 9.18 Å². The molecule has 4 heteroatoms. The van der Waals surface area contributed by atoms with Crippen LogP contribution in [0.15, 0.2) is 29.1 Å². The van der Waals surface area contributed by atoms with Gasteiger partial charge >= 0.3 is 0 Å². The Bertz CT molecular complexity index is 589. The maximum atomic E-state index is 13.6. The third kappa shape index (κ3) is 1.61. The van der Waals surface area contributed by atoms with Crippen molar-refractivity contribution in [2.24, 2.45) is 12.8 Å². The van der Waals surface area contributed by atoms with Crippen molar-refractivity contribution in [2.75, 3.05) is 6.54 Å². The SMILES string of the molecule is Cn1c(=O)c(CCN)cc2cccc(F)c21. The Hall–Kier alpha value is -1.68. The van der Waals surface area contributed by atoms with Gasteiger partial charge in [-0.2, -0.15) is 0 Å². The molecule has 0 saturated carbocycles. The van der Waals surface area contributed by atoms with Crippen molar-refractivity contribution in [1.29, 1.82) is 0 Å². The topological polar surface area (TPSA) is 48.0 Å². The number of halogens is 1. The van der Waals surface area contributed by atoms with Crippen LogP contribution in [-0.2, 0) is 13.5 Å². The van der Waals surface area contributed by atoms with Gasteiger partial charge in [-0.15, -0.1) is 0 Å². The summed E-state index contributed by atoms with van der Waals surface area (Å²) in [4.78, 5) is 11.9. The van der Waals surface area contributed by atoms with E-state index >= 15 is 0 Å². The molecule has 0 saturated heterocycles. The molecule has 84 valence electrons. The molecule has 0 radical (unpaired) electrons. The van der Waals surface area contributed by atoms with Crippen molar-refractivity contribution in [3.8, 4) is 0 Å². The molecule has 1 heterocycles. The molecule has 0 aliphatic heterocycles. The van der Waals surface area contributed by atoms with E-state index in [1.165, 1.54) is 10.6 Å². The fourth-order valence-corrected chi connectivity index (χ4v) is 1.90. The lowest BCUT2D eigenvalue weighted by Crippen LogP contribution is -2.23. The van der Waals surface area contributed by atoms with Gasteiger partial charge in [0.05, 0.1) is 5.52 Å². The maximum Gasteiger partial charge on any atom is 0.254 e. The number of hydrogen-bond acceptors (Lipinski definition) is 2. The minimum atomic E-state index is -0.378. The van der Waals surface area contributed by atoms with Crippen LogP contribution >= 0.6 is 0 Å². The molecular weight excluding hydrogens is 207 g/mol. The smallest absolute Gasteiger partial charge is 0.254 e. The number of rotatable bonds is 2. The number of fused-ring (bicyclic) bond motifs is 1. The number of para-hydroxylation sites is 1. The Kier molecular flexibility index (Phi) is 2.75. The van der Waals surface area contributed by atoms with E-state index in [2.05, 4.69) is 0 Å². The van der Waals surface area contributed by atoms with Gasteiger partial charge in [0.2, 0.25) is 0 Å². The second-order valence-electron chi connectivity index (χ2n) is 3.75. The van der Waals surface area contributed by atoms with E-state index in [0.29, 0.717) is 24.0 Å². The van der Waals surface area contributed by atoms with E-state index < -0.39 is 0 Å². The minimum absolute atomic E-state index is 0.178. The second-order valence-corrected chi connectivity index (χ2v) is 3.75. The summed E-state index contributed by atoms with van der Waals surface area (Å²) in [5.74, 6) is -0.378. The number of nitrogens with zero attached hydrogens (tertiary/aromatic N) is 1. The molecule has 1 aromatic carbocycles. The van der Waals surface area contributed by atoms with E-state index in [-0.39, 0.29) is 11.4 Å². The summed E-state index contributed by atoms with van der Waals surface area (Å²) < 4.78 is 14.9. The highest BCUT2D eigenvalue weighted by molar-refractivity contribution is 5.80. The molecule has 0 amide bonds. The van der Waals surface area contributed by atoms with Crippen LogP contribution < -0.4 is 11.3 Å². The molecule has 2 N–H and O–H groups in total. The van der Waals surface area contributed by atoms with Crippen molar-refractivity contribution in [1.82, 2.24) is 4.57 Å². The number of aromatic nitrogens is 1. The zero-order valence-corrected chi connectivity index (χ0v) is 9.03. The van der Waals surface area contributed by atoms with Crippen LogP contribution in [0.1, 0.15) is 5.56 Å². The maximum absolute atomic E-state index is 13.6. The van der Waals surface area contributed by atoms with Gasteiger partial charge in [-0.25, -0.2) is 4.39 Å². The highest BCUT2D eigenvalue weighted by atomic mass is 19.1. The number of hydrogen-bond donors (Lipinski definition) is 1. The molecule has 0 fully saturated rings. The molecule has 0 unspecified atom stereocenters. The Morgan fingerprint density at radius 2 is 2.19 bits per heavy atom. The quantitative estimate of drug-likeness (QED) is 0.826. The molecule has 16 heavy (non-hydrogen) atoms. The van der Waals surface area contributed by atoms with Crippen molar-refractivity contribution < 1.29 is 4.39 Å². The van der Waals surface area contributed by atoms with Gasteiger partial charge in [-0.05, 0) is 25.1 Å². The third-order valence-electron chi connectivity index (χ3n) is 2.68.